The lowest BCUT2D eigenvalue weighted by molar-refractivity contribution is -0.0199. The zero-order chi connectivity index (χ0) is 17.7. The van der Waals surface area contributed by atoms with Crippen molar-refractivity contribution in [1.29, 1.82) is 0 Å². The first kappa shape index (κ1) is 17.6. The largest absolute Gasteiger partial charge is 0.396 e. The summed E-state index contributed by atoms with van der Waals surface area (Å²) in [5, 5.41) is 13.5. The van der Waals surface area contributed by atoms with Crippen molar-refractivity contribution >= 4 is 6.03 Å². The van der Waals surface area contributed by atoms with Crippen LogP contribution in [0.25, 0.3) is 0 Å². The fourth-order valence-corrected chi connectivity index (χ4v) is 6.93. The van der Waals surface area contributed by atoms with Gasteiger partial charge in [0, 0.05) is 30.6 Å². The molecule has 25 heavy (non-hydrogen) atoms. The van der Waals surface area contributed by atoms with Crippen LogP contribution in [0.3, 0.4) is 0 Å². The molecule has 1 unspecified atom stereocenters. The van der Waals surface area contributed by atoms with E-state index >= 15 is 0 Å². The third kappa shape index (κ3) is 3.42. The number of aliphatic hydroxyl groups excluding tert-OH is 1. The summed E-state index contributed by atoms with van der Waals surface area (Å²) in [6, 6.07) is 0.123. The molecular formula is C20H35N3O2. The molecule has 2 N–H and O–H groups in total. The van der Waals surface area contributed by atoms with Gasteiger partial charge in [-0.15, -0.1) is 0 Å². The number of urea groups is 1. The maximum absolute atomic E-state index is 13.1. The van der Waals surface area contributed by atoms with Gasteiger partial charge in [-0.05, 0) is 83.2 Å². The molecule has 0 spiro atoms. The van der Waals surface area contributed by atoms with Gasteiger partial charge in [0.05, 0.1) is 6.61 Å². The van der Waals surface area contributed by atoms with Gasteiger partial charge in [0.2, 0.25) is 0 Å². The van der Waals surface area contributed by atoms with Crippen LogP contribution < -0.4 is 5.32 Å². The molecule has 0 radical (unpaired) electrons. The van der Waals surface area contributed by atoms with E-state index in [1.54, 1.807) is 0 Å². The molecule has 5 nitrogen and oxygen atoms in total. The average Bonchev–Trinajstić information content (AvgIpc) is 2.52. The summed E-state index contributed by atoms with van der Waals surface area (Å²) in [5.74, 6) is 2.54. The van der Waals surface area contributed by atoms with Crippen molar-refractivity contribution in [3.63, 3.8) is 0 Å². The molecule has 4 aliphatic carbocycles. The second-order valence-corrected chi connectivity index (χ2v) is 10.0. The number of hydrogen-bond acceptors (Lipinski definition) is 3. The van der Waals surface area contributed by atoms with Gasteiger partial charge in [-0.2, -0.15) is 0 Å². The second kappa shape index (κ2) is 6.41. The average molecular weight is 350 g/mol. The molecule has 4 bridgehead atoms. The molecule has 1 aliphatic heterocycles. The molecule has 5 heteroatoms. The van der Waals surface area contributed by atoms with Gasteiger partial charge in [-0.25, -0.2) is 4.79 Å². The van der Waals surface area contributed by atoms with Crippen LogP contribution in [0.1, 0.15) is 51.4 Å². The summed E-state index contributed by atoms with van der Waals surface area (Å²) in [5.41, 5.74) is -0.0900. The van der Waals surface area contributed by atoms with Crippen LogP contribution in [-0.4, -0.2) is 66.8 Å². The normalized spacial score (nSPS) is 42.9. The number of rotatable bonds is 4. The number of piperidine rings is 1. The first-order valence-corrected chi connectivity index (χ1v) is 10.2. The van der Waals surface area contributed by atoms with E-state index in [1.807, 2.05) is 19.0 Å². The molecule has 0 aromatic heterocycles. The Morgan fingerprint density at radius 2 is 1.76 bits per heavy atom. The van der Waals surface area contributed by atoms with Gasteiger partial charge in [0.1, 0.15) is 0 Å². The van der Waals surface area contributed by atoms with Crippen molar-refractivity contribution < 1.29 is 9.90 Å². The van der Waals surface area contributed by atoms with E-state index in [1.165, 1.54) is 38.5 Å². The molecular weight excluding hydrogens is 314 g/mol. The van der Waals surface area contributed by atoms with Gasteiger partial charge in [-0.3, -0.25) is 0 Å². The van der Waals surface area contributed by atoms with Gasteiger partial charge in [0.15, 0.2) is 0 Å². The predicted molar refractivity (Wildman–Crippen MR) is 98.3 cm³/mol. The molecule has 2 amide bonds. The molecule has 1 atom stereocenters. The molecule has 0 aromatic carbocycles. The van der Waals surface area contributed by atoms with E-state index < -0.39 is 0 Å². The third-order valence-electron chi connectivity index (χ3n) is 7.35. The van der Waals surface area contributed by atoms with Gasteiger partial charge in [0.25, 0.3) is 0 Å². The standard InChI is InChI=1S/C20H35N3O2/c1-22(2)12-19(14-24)4-3-5-23(13-19)18(25)21-20-9-15-6-16(10-20)8-17(7-15)11-20/h15-17,24H,3-14H2,1-2H3,(H,21,25). The van der Waals surface area contributed by atoms with E-state index in [2.05, 4.69) is 10.2 Å². The summed E-state index contributed by atoms with van der Waals surface area (Å²) in [6.45, 7) is 2.50. The van der Waals surface area contributed by atoms with E-state index in [4.69, 9.17) is 0 Å². The van der Waals surface area contributed by atoms with E-state index in [0.717, 1.165) is 43.7 Å². The van der Waals surface area contributed by atoms with Crippen LogP contribution in [0.15, 0.2) is 0 Å². The Kier molecular flexibility index (Phi) is 4.52. The smallest absolute Gasteiger partial charge is 0.317 e. The van der Waals surface area contributed by atoms with Crippen molar-refractivity contribution in [2.45, 2.75) is 56.9 Å². The lowest BCUT2D eigenvalue weighted by atomic mass is 9.53. The lowest BCUT2D eigenvalue weighted by Gasteiger charge is -2.57. The van der Waals surface area contributed by atoms with Crippen LogP contribution in [-0.2, 0) is 0 Å². The van der Waals surface area contributed by atoms with Crippen LogP contribution in [0.2, 0.25) is 0 Å². The van der Waals surface area contributed by atoms with Gasteiger partial charge in [-0.1, -0.05) is 0 Å². The zero-order valence-electron chi connectivity index (χ0n) is 16.0. The highest BCUT2D eigenvalue weighted by atomic mass is 16.3. The van der Waals surface area contributed by atoms with Crippen LogP contribution in [0.4, 0.5) is 4.79 Å². The summed E-state index contributed by atoms with van der Waals surface area (Å²) in [4.78, 5) is 17.2. The van der Waals surface area contributed by atoms with E-state index in [0.29, 0.717) is 6.54 Å². The number of carbonyl (C=O) groups excluding carboxylic acids is 1. The Hall–Kier alpha value is -0.810. The van der Waals surface area contributed by atoms with E-state index in [-0.39, 0.29) is 23.6 Å². The molecule has 4 saturated carbocycles. The monoisotopic (exact) mass is 349 g/mol. The molecule has 5 fully saturated rings. The summed E-state index contributed by atoms with van der Waals surface area (Å²) in [6.07, 6.45) is 9.77. The summed E-state index contributed by atoms with van der Waals surface area (Å²) >= 11 is 0. The molecule has 0 aromatic rings. The molecule has 1 heterocycles. The van der Waals surface area contributed by atoms with Crippen molar-refractivity contribution in [1.82, 2.24) is 15.1 Å². The van der Waals surface area contributed by atoms with Crippen molar-refractivity contribution in [2.75, 3.05) is 40.3 Å². The third-order valence-corrected chi connectivity index (χ3v) is 7.35. The Morgan fingerprint density at radius 1 is 1.16 bits per heavy atom. The number of carbonyl (C=O) groups is 1. The summed E-state index contributed by atoms with van der Waals surface area (Å²) < 4.78 is 0. The second-order valence-electron chi connectivity index (χ2n) is 10.0. The highest BCUT2D eigenvalue weighted by molar-refractivity contribution is 5.75. The number of aliphatic hydroxyl groups is 1. The fourth-order valence-electron chi connectivity index (χ4n) is 6.93. The number of likely N-dealkylation sites (tertiary alicyclic amines) is 1. The lowest BCUT2D eigenvalue weighted by Crippen LogP contribution is -2.63. The SMILES string of the molecule is CN(C)CC1(CO)CCCN(C(=O)NC23CC4CC(CC(C4)C2)C3)C1. The molecule has 5 aliphatic rings. The Balaban J connectivity index is 1.42. The molecule has 142 valence electrons. The first-order chi connectivity index (χ1) is 11.9. The topological polar surface area (TPSA) is 55.8 Å². The summed E-state index contributed by atoms with van der Waals surface area (Å²) in [7, 11) is 4.09. The van der Waals surface area contributed by atoms with Crippen molar-refractivity contribution in [3.05, 3.63) is 0 Å². The fraction of sp³-hybridized carbons (Fsp3) is 0.950. The number of amides is 2. The minimum atomic E-state index is -0.166. The van der Waals surface area contributed by atoms with Crippen molar-refractivity contribution in [2.24, 2.45) is 23.2 Å². The van der Waals surface area contributed by atoms with Crippen LogP contribution in [0, 0.1) is 23.2 Å². The van der Waals surface area contributed by atoms with Gasteiger partial charge < -0.3 is 20.2 Å². The Morgan fingerprint density at radius 3 is 2.28 bits per heavy atom. The maximum Gasteiger partial charge on any atom is 0.317 e. The number of nitrogens with zero attached hydrogens (tertiary/aromatic N) is 2. The minimum absolute atomic E-state index is 0.0761. The molecule has 1 saturated heterocycles. The van der Waals surface area contributed by atoms with Crippen LogP contribution >= 0.6 is 0 Å². The van der Waals surface area contributed by atoms with Crippen LogP contribution in [0.5, 0.6) is 0 Å². The number of hydrogen-bond donors (Lipinski definition) is 2. The van der Waals surface area contributed by atoms with Gasteiger partial charge >= 0.3 is 6.03 Å². The Labute approximate surface area is 152 Å². The predicted octanol–water partition coefficient (Wildman–Crippen LogP) is 2.30. The zero-order valence-corrected chi connectivity index (χ0v) is 16.0. The van der Waals surface area contributed by atoms with Crippen molar-refractivity contribution in [3.8, 4) is 0 Å². The minimum Gasteiger partial charge on any atom is -0.396 e. The highest BCUT2D eigenvalue weighted by Gasteiger charge is 2.52. The Bertz CT molecular complexity index is 486. The van der Waals surface area contributed by atoms with E-state index in [9.17, 15) is 9.90 Å². The maximum atomic E-state index is 13.1. The first-order valence-electron chi connectivity index (χ1n) is 10.2. The quantitative estimate of drug-likeness (QED) is 0.819. The highest BCUT2D eigenvalue weighted by Crippen LogP contribution is 2.55. The number of nitrogens with one attached hydrogen (secondary N) is 1. The molecule has 5 rings (SSSR count).